The molecule has 0 saturated carbocycles. The molecule has 25 heavy (non-hydrogen) atoms. The SMILES string of the molecule is CC(OCCOc1ccc(C(C)(C)CC(C)(C)C)cc1)S(=O)(=O)[O-].[Na+]. The van der Waals surface area contributed by atoms with Crippen molar-refractivity contribution in [2.24, 2.45) is 5.41 Å². The topological polar surface area (TPSA) is 75.7 Å². The molecule has 0 aromatic heterocycles. The van der Waals surface area contributed by atoms with Gasteiger partial charge in [0.2, 0.25) is 0 Å². The van der Waals surface area contributed by atoms with Gasteiger partial charge in [0.15, 0.2) is 0 Å². The third kappa shape index (κ3) is 9.40. The quantitative estimate of drug-likeness (QED) is 0.377. The maximum absolute atomic E-state index is 10.7. The average molecular weight is 380 g/mol. The smallest absolute Gasteiger partial charge is 0.746 e. The Morgan fingerprint density at radius 3 is 2.00 bits per heavy atom. The summed E-state index contributed by atoms with van der Waals surface area (Å²) in [6, 6.07) is 7.89. The van der Waals surface area contributed by atoms with Crippen molar-refractivity contribution in [3.63, 3.8) is 0 Å². The van der Waals surface area contributed by atoms with Crippen LogP contribution in [0, 0.1) is 5.41 Å². The summed E-state index contributed by atoms with van der Waals surface area (Å²) in [4.78, 5) is 0. The number of ether oxygens (including phenoxy) is 2. The maximum Gasteiger partial charge on any atom is 1.00 e. The van der Waals surface area contributed by atoms with E-state index in [4.69, 9.17) is 9.47 Å². The Bertz CT molecular complexity index is 618. The molecule has 138 valence electrons. The van der Waals surface area contributed by atoms with E-state index in [0.717, 1.165) is 6.42 Å². The van der Waals surface area contributed by atoms with Crippen molar-refractivity contribution in [2.45, 2.75) is 58.8 Å². The first-order valence-corrected chi connectivity index (χ1v) is 9.58. The molecule has 5 nitrogen and oxygen atoms in total. The Balaban J connectivity index is 0.00000576. The van der Waals surface area contributed by atoms with E-state index >= 15 is 0 Å². The van der Waals surface area contributed by atoms with Crippen LogP contribution >= 0.6 is 0 Å². The second-order valence-electron chi connectivity index (χ2n) is 7.93. The van der Waals surface area contributed by atoms with Gasteiger partial charge >= 0.3 is 29.6 Å². The summed E-state index contributed by atoms with van der Waals surface area (Å²) in [5, 5.41) is 0. The van der Waals surface area contributed by atoms with Gasteiger partial charge in [-0.15, -0.1) is 0 Å². The molecule has 0 amide bonds. The summed E-state index contributed by atoms with van der Waals surface area (Å²) in [7, 11) is -4.41. The van der Waals surface area contributed by atoms with E-state index < -0.39 is 15.6 Å². The minimum atomic E-state index is -4.41. The zero-order valence-electron chi connectivity index (χ0n) is 16.5. The normalized spacial score (nSPS) is 13.9. The molecule has 0 aliphatic heterocycles. The van der Waals surface area contributed by atoms with E-state index in [1.165, 1.54) is 12.5 Å². The number of hydrogen-bond acceptors (Lipinski definition) is 5. The van der Waals surface area contributed by atoms with Crippen LogP contribution < -0.4 is 34.3 Å². The molecule has 0 heterocycles. The van der Waals surface area contributed by atoms with Crippen LogP contribution in [0.15, 0.2) is 24.3 Å². The molecule has 0 spiro atoms. The summed E-state index contributed by atoms with van der Waals surface area (Å²) in [5.41, 5.74) is 0.195. The Hall–Kier alpha value is -0.110. The van der Waals surface area contributed by atoms with Crippen LogP contribution in [0.2, 0.25) is 0 Å². The Morgan fingerprint density at radius 2 is 1.56 bits per heavy atom. The molecule has 0 aliphatic carbocycles. The predicted octanol–water partition coefficient (Wildman–Crippen LogP) is 0.691. The second kappa shape index (κ2) is 9.72. The third-order valence-corrected chi connectivity index (χ3v) is 4.67. The van der Waals surface area contributed by atoms with E-state index in [1.54, 1.807) is 0 Å². The molecule has 1 atom stereocenters. The first-order chi connectivity index (χ1) is 10.8. The predicted molar refractivity (Wildman–Crippen MR) is 94.1 cm³/mol. The molecular weight excluding hydrogens is 351 g/mol. The summed E-state index contributed by atoms with van der Waals surface area (Å²) in [6.45, 7) is 12.6. The van der Waals surface area contributed by atoms with E-state index in [2.05, 4.69) is 34.6 Å². The van der Waals surface area contributed by atoms with Gasteiger partial charge in [0.1, 0.15) is 27.9 Å². The summed E-state index contributed by atoms with van der Waals surface area (Å²) in [5.74, 6) is 0.687. The van der Waals surface area contributed by atoms with Crippen molar-refractivity contribution in [1.29, 1.82) is 0 Å². The van der Waals surface area contributed by atoms with Gasteiger partial charge in [-0.05, 0) is 41.9 Å². The van der Waals surface area contributed by atoms with Gasteiger partial charge in [-0.3, -0.25) is 0 Å². The minimum absolute atomic E-state index is 0. The van der Waals surface area contributed by atoms with Gasteiger partial charge in [0, 0.05) is 0 Å². The molecule has 0 bridgehead atoms. The molecule has 0 N–H and O–H groups in total. The fourth-order valence-electron chi connectivity index (χ4n) is 2.89. The standard InChI is InChI=1S/C18H30O5S.Na/c1-14(24(19,20)21)22-11-12-23-16-9-7-15(8-10-16)18(5,6)13-17(2,3)4;/h7-10,14H,11-13H2,1-6H3,(H,19,20,21);/q;+1/p-1. The molecule has 0 saturated heterocycles. The van der Waals surface area contributed by atoms with E-state index in [9.17, 15) is 13.0 Å². The van der Waals surface area contributed by atoms with Crippen LogP contribution in [0.3, 0.4) is 0 Å². The maximum atomic E-state index is 10.7. The Morgan fingerprint density at radius 1 is 1.04 bits per heavy atom. The molecule has 1 aromatic rings. The van der Waals surface area contributed by atoms with Gasteiger partial charge < -0.3 is 14.0 Å². The summed E-state index contributed by atoms with van der Waals surface area (Å²) in [6.07, 6.45) is 1.07. The monoisotopic (exact) mass is 380 g/mol. The van der Waals surface area contributed by atoms with Crippen molar-refractivity contribution in [3.8, 4) is 5.75 Å². The largest absolute Gasteiger partial charge is 1.00 e. The molecule has 1 unspecified atom stereocenters. The average Bonchev–Trinajstić information content (AvgIpc) is 2.40. The molecule has 7 heteroatoms. The molecular formula is C18H29NaO5S. The van der Waals surface area contributed by atoms with Crippen LogP contribution in [-0.4, -0.2) is 31.6 Å². The fourth-order valence-corrected chi connectivity index (χ4v) is 3.15. The van der Waals surface area contributed by atoms with Crippen molar-refractivity contribution >= 4 is 10.1 Å². The molecule has 0 fully saturated rings. The van der Waals surface area contributed by atoms with E-state index in [-0.39, 0.29) is 53.6 Å². The fraction of sp³-hybridized carbons (Fsp3) is 0.667. The van der Waals surface area contributed by atoms with E-state index in [1.807, 2.05) is 24.3 Å². The van der Waals surface area contributed by atoms with Gasteiger partial charge in [-0.25, -0.2) is 8.42 Å². The first kappa shape index (κ1) is 24.9. The van der Waals surface area contributed by atoms with Crippen molar-refractivity contribution in [2.75, 3.05) is 13.2 Å². The Kier molecular flexibility index (Phi) is 9.67. The van der Waals surface area contributed by atoms with Gasteiger partial charge in [0.25, 0.3) is 0 Å². The molecule has 1 aromatic carbocycles. The van der Waals surface area contributed by atoms with Gasteiger partial charge in [-0.2, -0.15) is 0 Å². The third-order valence-electron chi connectivity index (χ3n) is 3.72. The van der Waals surface area contributed by atoms with Gasteiger partial charge in [-0.1, -0.05) is 46.8 Å². The van der Waals surface area contributed by atoms with Crippen LogP contribution in [0.4, 0.5) is 0 Å². The van der Waals surface area contributed by atoms with Crippen LogP contribution in [0.25, 0.3) is 0 Å². The minimum Gasteiger partial charge on any atom is -0.746 e. The van der Waals surface area contributed by atoms with Crippen molar-refractivity contribution < 1.29 is 52.0 Å². The zero-order chi connectivity index (χ0) is 18.6. The first-order valence-electron chi connectivity index (χ1n) is 8.11. The van der Waals surface area contributed by atoms with Crippen LogP contribution in [0.5, 0.6) is 5.75 Å². The van der Waals surface area contributed by atoms with Crippen LogP contribution in [0.1, 0.15) is 53.5 Å². The van der Waals surface area contributed by atoms with E-state index in [0.29, 0.717) is 5.75 Å². The second-order valence-corrected chi connectivity index (χ2v) is 9.57. The van der Waals surface area contributed by atoms with Crippen molar-refractivity contribution in [3.05, 3.63) is 29.8 Å². The van der Waals surface area contributed by atoms with Crippen LogP contribution in [-0.2, 0) is 20.3 Å². The summed E-state index contributed by atoms with van der Waals surface area (Å²) >= 11 is 0. The Labute approximate surface area is 174 Å². The number of hydrogen-bond donors (Lipinski definition) is 0. The molecule has 0 aliphatic rings. The van der Waals surface area contributed by atoms with Crippen molar-refractivity contribution in [1.82, 2.24) is 0 Å². The number of rotatable bonds is 8. The van der Waals surface area contributed by atoms with Gasteiger partial charge in [0.05, 0.1) is 6.61 Å². The molecule has 0 radical (unpaired) electrons. The number of benzene rings is 1. The zero-order valence-corrected chi connectivity index (χ0v) is 19.3. The summed E-state index contributed by atoms with van der Waals surface area (Å²) < 4.78 is 42.6. The molecule has 1 rings (SSSR count).